The molecule has 8 heteroatoms. The van der Waals surface area contributed by atoms with E-state index in [0.717, 1.165) is 35.7 Å². The van der Waals surface area contributed by atoms with Gasteiger partial charge >= 0.3 is 0 Å². The normalized spacial score (nSPS) is 14.5. The summed E-state index contributed by atoms with van der Waals surface area (Å²) in [6.07, 6.45) is 7.07. The zero-order chi connectivity index (χ0) is 25.1. The summed E-state index contributed by atoms with van der Waals surface area (Å²) in [7, 11) is 0. The summed E-state index contributed by atoms with van der Waals surface area (Å²) >= 11 is 16.4. The maximum Gasteiger partial charge on any atom is 0.282 e. The van der Waals surface area contributed by atoms with E-state index < -0.39 is 0 Å². The molecule has 5 rings (SSSR count). The van der Waals surface area contributed by atoms with Crippen molar-refractivity contribution in [3.05, 3.63) is 102 Å². The van der Waals surface area contributed by atoms with Gasteiger partial charge in [0.2, 0.25) is 0 Å². The van der Waals surface area contributed by atoms with Crippen molar-refractivity contribution < 1.29 is 4.74 Å². The lowest BCUT2D eigenvalue weighted by Crippen LogP contribution is -2.25. The first-order valence-corrected chi connectivity index (χ1v) is 13.5. The maximum absolute atomic E-state index is 13.4. The minimum absolute atomic E-state index is 0.177. The molecule has 4 aromatic rings. The standard InChI is InChI=1S/C28H24BrCl2N3O2/c29-21-12-10-18(11-13-21)17-36-26-23(30)14-19(15-24(26)31)16-32-34-27(20-6-2-1-3-7-20)33-25-9-5-4-8-22(25)28(34)35/h4-5,8-16,20H,1-3,6-7,17H2. The van der Waals surface area contributed by atoms with Crippen molar-refractivity contribution in [2.24, 2.45) is 5.10 Å². The molecule has 0 unspecified atom stereocenters. The van der Waals surface area contributed by atoms with Crippen LogP contribution in [0.3, 0.4) is 0 Å². The lowest BCUT2D eigenvalue weighted by Gasteiger charge is -2.22. The Bertz CT molecular complexity index is 1460. The van der Waals surface area contributed by atoms with Gasteiger partial charge in [-0.2, -0.15) is 9.78 Å². The first kappa shape index (κ1) is 25.0. The second-order valence-corrected chi connectivity index (χ2v) is 10.6. The van der Waals surface area contributed by atoms with E-state index in [0.29, 0.717) is 44.7 Å². The molecule has 3 aromatic carbocycles. The molecule has 0 amide bonds. The first-order valence-electron chi connectivity index (χ1n) is 11.9. The molecule has 1 aliphatic carbocycles. The van der Waals surface area contributed by atoms with Gasteiger partial charge in [-0.15, -0.1) is 0 Å². The van der Waals surface area contributed by atoms with Crippen LogP contribution in [0.5, 0.6) is 5.75 Å². The predicted octanol–water partition coefficient (Wildman–Crippen LogP) is 7.97. The van der Waals surface area contributed by atoms with Gasteiger partial charge < -0.3 is 4.74 Å². The van der Waals surface area contributed by atoms with Crippen LogP contribution in [0.4, 0.5) is 0 Å². The van der Waals surface area contributed by atoms with Crippen LogP contribution in [0.25, 0.3) is 10.9 Å². The van der Waals surface area contributed by atoms with Gasteiger partial charge in [-0.3, -0.25) is 4.79 Å². The maximum atomic E-state index is 13.4. The van der Waals surface area contributed by atoms with Crippen molar-refractivity contribution in [2.75, 3.05) is 0 Å². The quantitative estimate of drug-likeness (QED) is 0.216. The van der Waals surface area contributed by atoms with Crippen LogP contribution in [0.15, 0.2) is 75.0 Å². The summed E-state index contributed by atoms with van der Waals surface area (Å²) in [5.41, 5.74) is 2.18. The van der Waals surface area contributed by atoms with E-state index in [1.807, 2.05) is 42.5 Å². The number of aromatic nitrogens is 2. The minimum atomic E-state index is -0.177. The Balaban J connectivity index is 1.45. The lowest BCUT2D eigenvalue weighted by molar-refractivity contribution is 0.306. The van der Waals surface area contributed by atoms with Gasteiger partial charge in [-0.25, -0.2) is 4.98 Å². The molecule has 0 aliphatic heterocycles. The highest BCUT2D eigenvalue weighted by atomic mass is 79.9. The smallest absolute Gasteiger partial charge is 0.282 e. The van der Waals surface area contributed by atoms with Crippen LogP contribution in [-0.2, 0) is 6.61 Å². The average Bonchev–Trinajstić information content (AvgIpc) is 2.89. The van der Waals surface area contributed by atoms with Crippen molar-refractivity contribution >= 4 is 56.2 Å². The summed E-state index contributed by atoms with van der Waals surface area (Å²) in [5, 5.41) is 5.86. The molecule has 1 saturated carbocycles. The first-order chi connectivity index (χ1) is 17.5. The van der Waals surface area contributed by atoms with E-state index in [2.05, 4.69) is 21.0 Å². The molecule has 0 radical (unpaired) electrons. The van der Waals surface area contributed by atoms with Gasteiger partial charge in [-0.1, -0.05) is 82.7 Å². The third-order valence-electron chi connectivity index (χ3n) is 6.39. The van der Waals surface area contributed by atoms with Crippen molar-refractivity contribution in [1.29, 1.82) is 0 Å². The second kappa shape index (κ2) is 11.2. The van der Waals surface area contributed by atoms with Crippen molar-refractivity contribution in [3.8, 4) is 5.75 Å². The number of ether oxygens (including phenoxy) is 1. The Morgan fingerprint density at radius 3 is 2.44 bits per heavy atom. The number of hydrogen-bond acceptors (Lipinski definition) is 4. The molecule has 0 saturated heterocycles. The summed E-state index contributed by atoms with van der Waals surface area (Å²) in [6.45, 7) is 0.336. The van der Waals surface area contributed by atoms with Crippen molar-refractivity contribution in [3.63, 3.8) is 0 Å². The molecular formula is C28H24BrCl2N3O2. The number of fused-ring (bicyclic) bond motifs is 1. The highest BCUT2D eigenvalue weighted by molar-refractivity contribution is 9.10. The number of para-hydroxylation sites is 1. The fourth-order valence-corrected chi connectivity index (χ4v) is 5.41. The van der Waals surface area contributed by atoms with Crippen LogP contribution in [0, 0.1) is 0 Å². The summed E-state index contributed by atoms with van der Waals surface area (Å²) in [5.74, 6) is 1.32. The van der Waals surface area contributed by atoms with E-state index in [9.17, 15) is 4.79 Å². The zero-order valence-corrected chi connectivity index (χ0v) is 22.6. The van der Waals surface area contributed by atoms with E-state index in [4.69, 9.17) is 32.9 Å². The minimum Gasteiger partial charge on any atom is -0.486 e. The number of nitrogens with zero attached hydrogens (tertiary/aromatic N) is 3. The van der Waals surface area contributed by atoms with Crippen LogP contribution in [0.2, 0.25) is 10.0 Å². The predicted molar refractivity (Wildman–Crippen MR) is 150 cm³/mol. The monoisotopic (exact) mass is 583 g/mol. The van der Waals surface area contributed by atoms with Gasteiger partial charge in [0, 0.05) is 10.4 Å². The number of benzene rings is 3. The SMILES string of the molecule is O=c1c2ccccc2nc(C2CCCCC2)n1N=Cc1cc(Cl)c(OCc2ccc(Br)cc2)c(Cl)c1. The molecule has 1 aliphatic rings. The van der Waals surface area contributed by atoms with E-state index >= 15 is 0 Å². The Hall–Kier alpha value is -2.67. The molecule has 0 N–H and O–H groups in total. The highest BCUT2D eigenvalue weighted by Gasteiger charge is 2.22. The van der Waals surface area contributed by atoms with E-state index in [1.54, 1.807) is 24.4 Å². The topological polar surface area (TPSA) is 56.5 Å². The number of halogens is 3. The van der Waals surface area contributed by atoms with Crippen LogP contribution >= 0.6 is 39.1 Å². The molecule has 36 heavy (non-hydrogen) atoms. The van der Waals surface area contributed by atoms with Crippen molar-refractivity contribution in [2.45, 2.75) is 44.6 Å². The Morgan fingerprint density at radius 1 is 1.03 bits per heavy atom. The summed E-state index contributed by atoms with van der Waals surface area (Å²) < 4.78 is 8.33. The molecule has 1 aromatic heterocycles. The summed E-state index contributed by atoms with van der Waals surface area (Å²) in [4.78, 5) is 18.2. The molecule has 0 spiro atoms. The highest BCUT2D eigenvalue weighted by Crippen LogP contribution is 2.35. The molecule has 184 valence electrons. The molecular weight excluding hydrogens is 561 g/mol. The Kier molecular flexibility index (Phi) is 7.75. The molecule has 0 bridgehead atoms. The Labute approximate surface area is 227 Å². The van der Waals surface area contributed by atoms with Gasteiger partial charge in [0.1, 0.15) is 12.4 Å². The number of rotatable bonds is 6. The third kappa shape index (κ3) is 5.51. The lowest BCUT2D eigenvalue weighted by atomic mass is 9.88. The van der Waals surface area contributed by atoms with Gasteiger partial charge in [0.05, 0.1) is 27.2 Å². The van der Waals surface area contributed by atoms with Gasteiger partial charge in [0.25, 0.3) is 5.56 Å². The average molecular weight is 585 g/mol. The second-order valence-electron chi connectivity index (χ2n) is 8.91. The molecule has 5 nitrogen and oxygen atoms in total. The zero-order valence-electron chi connectivity index (χ0n) is 19.5. The van der Waals surface area contributed by atoms with E-state index in [1.165, 1.54) is 11.1 Å². The molecule has 1 fully saturated rings. The van der Waals surface area contributed by atoms with Crippen LogP contribution in [0.1, 0.15) is 55.0 Å². The largest absolute Gasteiger partial charge is 0.486 e. The van der Waals surface area contributed by atoms with Gasteiger partial charge in [-0.05, 0) is 60.4 Å². The molecule has 0 atom stereocenters. The summed E-state index contributed by atoms with van der Waals surface area (Å²) in [6, 6.07) is 18.7. The number of hydrogen-bond donors (Lipinski definition) is 0. The van der Waals surface area contributed by atoms with Gasteiger partial charge in [0.15, 0.2) is 5.75 Å². The van der Waals surface area contributed by atoms with Crippen LogP contribution < -0.4 is 10.3 Å². The Morgan fingerprint density at radius 2 is 1.72 bits per heavy atom. The third-order valence-corrected chi connectivity index (χ3v) is 7.48. The fraction of sp³-hybridized carbons (Fsp3) is 0.250. The molecule has 1 heterocycles. The van der Waals surface area contributed by atoms with Crippen LogP contribution in [-0.4, -0.2) is 15.9 Å². The van der Waals surface area contributed by atoms with Crippen molar-refractivity contribution in [1.82, 2.24) is 9.66 Å². The van der Waals surface area contributed by atoms with E-state index in [-0.39, 0.29) is 11.5 Å². The fourth-order valence-electron chi connectivity index (χ4n) is 4.53.